The molecule has 0 aliphatic carbocycles. The van der Waals surface area contributed by atoms with Crippen molar-refractivity contribution in [3.8, 4) is 0 Å². The summed E-state index contributed by atoms with van der Waals surface area (Å²) in [5, 5.41) is 7.14. The molecule has 1 amide bonds. The van der Waals surface area contributed by atoms with Crippen LogP contribution in [0.4, 0.5) is 0 Å². The summed E-state index contributed by atoms with van der Waals surface area (Å²) in [6.45, 7) is 1.90. The second-order valence-electron chi connectivity index (χ2n) is 2.37. The number of hydroxylamine groups is 1. The Hall–Kier alpha value is -1.47. The molecule has 0 atom stereocenters. The third-order valence-corrected chi connectivity index (χ3v) is 1.30. The molecular formula is C6H10N4O3. The highest BCUT2D eigenvalue weighted by molar-refractivity contribution is 5.74. The van der Waals surface area contributed by atoms with Gasteiger partial charge in [-0.3, -0.25) is 9.63 Å². The van der Waals surface area contributed by atoms with E-state index in [1.54, 1.807) is 6.92 Å². The van der Waals surface area contributed by atoms with Gasteiger partial charge >= 0.3 is 0 Å². The lowest BCUT2D eigenvalue weighted by Crippen LogP contribution is -2.24. The van der Waals surface area contributed by atoms with Crippen LogP contribution in [0.15, 0.2) is 4.63 Å². The second-order valence-corrected chi connectivity index (χ2v) is 2.37. The summed E-state index contributed by atoms with van der Waals surface area (Å²) in [5.74, 6) is -0.539. The molecule has 0 bridgehead atoms. The van der Waals surface area contributed by atoms with E-state index in [1.165, 1.54) is 0 Å². The van der Waals surface area contributed by atoms with Crippen LogP contribution in [0.3, 0.4) is 0 Å². The highest BCUT2D eigenvalue weighted by Crippen LogP contribution is 1.98. The molecule has 7 heteroatoms. The SMILES string of the molecule is Cc1nonc1CNOCC(N)=O. The lowest BCUT2D eigenvalue weighted by molar-refractivity contribution is -0.125. The fourth-order valence-electron chi connectivity index (χ4n) is 0.651. The van der Waals surface area contributed by atoms with E-state index < -0.39 is 5.91 Å². The second kappa shape index (κ2) is 4.53. The third-order valence-electron chi connectivity index (χ3n) is 1.30. The Labute approximate surface area is 74.1 Å². The topological polar surface area (TPSA) is 103 Å². The number of hydrogen-bond acceptors (Lipinski definition) is 6. The third kappa shape index (κ3) is 3.18. The molecule has 0 unspecified atom stereocenters. The Bertz CT molecular complexity index is 285. The fraction of sp³-hybridized carbons (Fsp3) is 0.500. The van der Waals surface area contributed by atoms with Crippen LogP contribution in [0.5, 0.6) is 0 Å². The summed E-state index contributed by atoms with van der Waals surface area (Å²) in [6, 6.07) is 0. The number of nitrogens with two attached hydrogens (primary N) is 1. The lowest BCUT2D eigenvalue weighted by atomic mass is 10.3. The minimum absolute atomic E-state index is 0.176. The molecule has 0 saturated carbocycles. The largest absolute Gasteiger partial charge is 0.368 e. The van der Waals surface area contributed by atoms with Gasteiger partial charge in [0.1, 0.15) is 18.0 Å². The number of carbonyl (C=O) groups is 1. The molecule has 0 spiro atoms. The zero-order chi connectivity index (χ0) is 9.68. The molecule has 72 valence electrons. The van der Waals surface area contributed by atoms with Crippen LogP contribution < -0.4 is 11.2 Å². The average Bonchev–Trinajstić information content (AvgIpc) is 2.45. The van der Waals surface area contributed by atoms with E-state index in [4.69, 9.17) is 5.73 Å². The molecule has 1 heterocycles. The van der Waals surface area contributed by atoms with Crippen molar-refractivity contribution in [1.29, 1.82) is 0 Å². The van der Waals surface area contributed by atoms with E-state index >= 15 is 0 Å². The van der Waals surface area contributed by atoms with Crippen LogP contribution in [0.25, 0.3) is 0 Å². The maximum atomic E-state index is 10.2. The number of rotatable bonds is 5. The minimum atomic E-state index is -0.539. The predicted molar refractivity (Wildman–Crippen MR) is 41.0 cm³/mol. The molecule has 13 heavy (non-hydrogen) atoms. The van der Waals surface area contributed by atoms with E-state index in [1.807, 2.05) is 0 Å². The quantitative estimate of drug-likeness (QED) is 0.446. The summed E-state index contributed by atoms with van der Waals surface area (Å²) >= 11 is 0. The van der Waals surface area contributed by atoms with Gasteiger partial charge in [0.15, 0.2) is 0 Å². The highest BCUT2D eigenvalue weighted by Gasteiger charge is 2.03. The molecule has 1 rings (SSSR count). The monoisotopic (exact) mass is 186 g/mol. The summed E-state index contributed by atoms with van der Waals surface area (Å²) in [4.78, 5) is 14.9. The molecule has 0 aromatic carbocycles. The number of carbonyl (C=O) groups excluding carboxylic acids is 1. The molecule has 0 radical (unpaired) electrons. The number of nitrogens with zero attached hydrogens (tertiary/aromatic N) is 2. The Balaban J connectivity index is 2.20. The molecule has 0 aliphatic heterocycles. The Morgan fingerprint density at radius 2 is 2.46 bits per heavy atom. The maximum absolute atomic E-state index is 10.2. The van der Waals surface area contributed by atoms with Crippen molar-refractivity contribution in [2.24, 2.45) is 5.73 Å². The molecule has 7 nitrogen and oxygen atoms in total. The van der Waals surface area contributed by atoms with Crippen LogP contribution in [-0.4, -0.2) is 22.8 Å². The first-order valence-corrected chi connectivity index (χ1v) is 3.61. The summed E-state index contributed by atoms with van der Waals surface area (Å²) < 4.78 is 4.44. The van der Waals surface area contributed by atoms with Gasteiger partial charge in [-0.2, -0.15) is 5.48 Å². The number of aryl methyl sites for hydroxylation is 1. The Kier molecular flexibility index (Phi) is 3.35. The van der Waals surface area contributed by atoms with Crippen molar-refractivity contribution < 1.29 is 14.3 Å². The molecule has 1 aromatic heterocycles. The van der Waals surface area contributed by atoms with Crippen molar-refractivity contribution in [1.82, 2.24) is 15.8 Å². The van der Waals surface area contributed by atoms with Gasteiger partial charge in [-0.15, -0.1) is 0 Å². The zero-order valence-electron chi connectivity index (χ0n) is 7.11. The van der Waals surface area contributed by atoms with Crippen molar-refractivity contribution in [2.45, 2.75) is 13.5 Å². The standard InChI is InChI=1S/C6H10N4O3/c1-4-5(10-13-9-4)2-8-12-3-6(7)11/h8H,2-3H2,1H3,(H2,7,11). The van der Waals surface area contributed by atoms with Gasteiger partial charge in [-0.1, -0.05) is 10.3 Å². The summed E-state index contributed by atoms with van der Waals surface area (Å²) in [7, 11) is 0. The number of aromatic nitrogens is 2. The van der Waals surface area contributed by atoms with E-state index in [0.29, 0.717) is 17.9 Å². The van der Waals surface area contributed by atoms with Crippen LogP contribution in [-0.2, 0) is 16.2 Å². The average molecular weight is 186 g/mol. The van der Waals surface area contributed by atoms with Crippen LogP contribution >= 0.6 is 0 Å². The van der Waals surface area contributed by atoms with Gasteiger partial charge in [0, 0.05) is 0 Å². The van der Waals surface area contributed by atoms with Crippen molar-refractivity contribution in [3.05, 3.63) is 11.4 Å². The van der Waals surface area contributed by atoms with E-state index in [0.717, 1.165) is 0 Å². The number of hydrogen-bond donors (Lipinski definition) is 2. The zero-order valence-corrected chi connectivity index (χ0v) is 7.11. The summed E-state index contributed by atoms with van der Waals surface area (Å²) in [6.07, 6.45) is 0. The molecule has 0 fully saturated rings. The molecular weight excluding hydrogens is 176 g/mol. The van der Waals surface area contributed by atoms with Crippen molar-refractivity contribution in [3.63, 3.8) is 0 Å². The van der Waals surface area contributed by atoms with Gasteiger partial charge in [0.25, 0.3) is 0 Å². The predicted octanol–water partition coefficient (Wildman–Crippen LogP) is -1.12. The van der Waals surface area contributed by atoms with E-state index in [2.05, 4.69) is 25.3 Å². The molecule has 1 aromatic rings. The maximum Gasteiger partial charge on any atom is 0.245 e. The van der Waals surface area contributed by atoms with Gasteiger partial charge < -0.3 is 5.73 Å². The smallest absolute Gasteiger partial charge is 0.245 e. The van der Waals surface area contributed by atoms with Crippen LogP contribution in [0, 0.1) is 6.92 Å². The van der Waals surface area contributed by atoms with Gasteiger partial charge in [0.2, 0.25) is 5.91 Å². The Morgan fingerprint density at radius 1 is 1.69 bits per heavy atom. The van der Waals surface area contributed by atoms with E-state index in [9.17, 15) is 4.79 Å². The number of nitrogens with one attached hydrogen (secondary N) is 1. The molecule has 3 N–H and O–H groups in total. The Morgan fingerprint density at radius 3 is 3.00 bits per heavy atom. The van der Waals surface area contributed by atoms with Crippen LogP contribution in [0.2, 0.25) is 0 Å². The van der Waals surface area contributed by atoms with Gasteiger partial charge in [0.05, 0.1) is 6.54 Å². The summed E-state index contributed by atoms with van der Waals surface area (Å²) in [5.41, 5.74) is 8.63. The van der Waals surface area contributed by atoms with Crippen molar-refractivity contribution in [2.75, 3.05) is 6.61 Å². The fourth-order valence-corrected chi connectivity index (χ4v) is 0.651. The number of amides is 1. The highest BCUT2D eigenvalue weighted by atomic mass is 16.6. The lowest BCUT2D eigenvalue weighted by Gasteiger charge is -2.00. The van der Waals surface area contributed by atoms with Crippen molar-refractivity contribution >= 4 is 5.91 Å². The molecule has 0 aliphatic rings. The van der Waals surface area contributed by atoms with Gasteiger partial charge in [-0.25, -0.2) is 4.63 Å². The first kappa shape index (κ1) is 9.62. The minimum Gasteiger partial charge on any atom is -0.368 e. The van der Waals surface area contributed by atoms with Crippen LogP contribution in [0.1, 0.15) is 11.4 Å². The first-order chi connectivity index (χ1) is 6.20. The first-order valence-electron chi connectivity index (χ1n) is 3.61. The number of primary amides is 1. The van der Waals surface area contributed by atoms with Gasteiger partial charge in [-0.05, 0) is 6.92 Å². The molecule has 0 saturated heterocycles. The normalized spacial score (nSPS) is 10.2. The van der Waals surface area contributed by atoms with E-state index in [-0.39, 0.29) is 6.61 Å².